The molecule has 4 bridgehead atoms. The van der Waals surface area contributed by atoms with Crippen LogP contribution in [0.4, 0.5) is 0 Å². The molecule has 1 atom stereocenters. The van der Waals surface area contributed by atoms with Gasteiger partial charge in [-0.2, -0.15) is 0 Å². The zero-order valence-corrected chi connectivity index (χ0v) is 14.6. The molecule has 3 nitrogen and oxygen atoms in total. The van der Waals surface area contributed by atoms with Gasteiger partial charge >= 0.3 is 0 Å². The molecule has 0 spiro atoms. The molecule has 0 aliphatic heterocycles. The number of aryl methyl sites for hydroxylation is 1. The van der Waals surface area contributed by atoms with Crippen LogP contribution in [0.2, 0.25) is 0 Å². The Balaban J connectivity index is 1.41. The van der Waals surface area contributed by atoms with E-state index in [1.54, 1.807) is 0 Å². The van der Waals surface area contributed by atoms with Gasteiger partial charge < -0.3 is 0 Å². The minimum absolute atomic E-state index is 0.353. The lowest BCUT2D eigenvalue weighted by Gasteiger charge is -2.57. The van der Waals surface area contributed by atoms with Crippen LogP contribution in [-0.4, -0.2) is 15.0 Å². The highest BCUT2D eigenvalue weighted by Gasteiger charge is 2.50. The Hall–Kier alpha value is -0.380. The van der Waals surface area contributed by atoms with Gasteiger partial charge in [0.25, 0.3) is 0 Å². The lowest BCUT2D eigenvalue weighted by atomic mass is 9.49. The van der Waals surface area contributed by atoms with Crippen LogP contribution in [0.15, 0.2) is 6.20 Å². The van der Waals surface area contributed by atoms with Crippen molar-refractivity contribution >= 4 is 15.9 Å². The highest BCUT2D eigenvalue weighted by molar-refractivity contribution is 9.09. The van der Waals surface area contributed by atoms with Crippen LogP contribution in [0.5, 0.6) is 0 Å². The minimum atomic E-state index is 0.353. The number of hydrogen-bond donors (Lipinski definition) is 0. The Morgan fingerprint density at radius 2 is 1.86 bits per heavy atom. The van der Waals surface area contributed by atoms with Gasteiger partial charge in [-0.05, 0) is 74.5 Å². The average molecular weight is 352 g/mol. The minimum Gasteiger partial charge on any atom is -0.252 e. The largest absolute Gasteiger partial charge is 0.252 e. The molecule has 5 rings (SSSR count). The maximum Gasteiger partial charge on any atom is 0.0963 e. The molecule has 4 saturated carbocycles. The molecule has 0 saturated heterocycles. The van der Waals surface area contributed by atoms with E-state index in [9.17, 15) is 0 Å². The Morgan fingerprint density at radius 1 is 1.24 bits per heavy atom. The first-order valence-electron chi connectivity index (χ1n) is 8.70. The van der Waals surface area contributed by atoms with Crippen molar-refractivity contribution in [3.63, 3.8) is 0 Å². The number of alkyl halides is 1. The first kappa shape index (κ1) is 14.2. The topological polar surface area (TPSA) is 30.7 Å². The number of nitrogens with zero attached hydrogens (tertiary/aromatic N) is 3. The Morgan fingerprint density at radius 3 is 2.43 bits per heavy atom. The number of hydrogen-bond acceptors (Lipinski definition) is 2. The summed E-state index contributed by atoms with van der Waals surface area (Å²) in [5, 5.41) is 8.66. The van der Waals surface area contributed by atoms with E-state index in [1.165, 1.54) is 44.9 Å². The van der Waals surface area contributed by atoms with Crippen LogP contribution in [-0.2, 0) is 6.54 Å². The fourth-order valence-corrected chi connectivity index (χ4v) is 5.93. The van der Waals surface area contributed by atoms with Crippen molar-refractivity contribution in [2.45, 2.75) is 69.7 Å². The van der Waals surface area contributed by atoms with Crippen LogP contribution < -0.4 is 0 Å². The quantitative estimate of drug-likeness (QED) is 0.717. The number of halogens is 1. The van der Waals surface area contributed by atoms with Gasteiger partial charge in [0, 0.05) is 12.7 Å². The molecule has 0 radical (unpaired) electrons. The van der Waals surface area contributed by atoms with Crippen molar-refractivity contribution in [2.75, 3.05) is 0 Å². The van der Waals surface area contributed by atoms with Crippen molar-refractivity contribution < 1.29 is 0 Å². The van der Waals surface area contributed by atoms with Crippen LogP contribution in [0.3, 0.4) is 0 Å². The summed E-state index contributed by atoms with van der Waals surface area (Å²) in [5.41, 5.74) is 1.74. The van der Waals surface area contributed by atoms with Gasteiger partial charge in [-0.3, -0.25) is 4.68 Å². The van der Waals surface area contributed by atoms with Crippen molar-refractivity contribution in [3.05, 3.63) is 11.9 Å². The Bertz CT molecular complexity index is 475. The van der Waals surface area contributed by atoms with Crippen LogP contribution in [0, 0.1) is 23.2 Å². The van der Waals surface area contributed by atoms with Crippen molar-refractivity contribution in [3.8, 4) is 0 Å². The second-order valence-electron chi connectivity index (χ2n) is 7.95. The van der Waals surface area contributed by atoms with Crippen LogP contribution in [0.25, 0.3) is 0 Å². The molecule has 4 aliphatic carbocycles. The van der Waals surface area contributed by atoms with E-state index in [0.29, 0.717) is 10.2 Å². The molecule has 0 amide bonds. The second kappa shape index (κ2) is 5.36. The summed E-state index contributed by atoms with van der Waals surface area (Å²) in [7, 11) is 0. The van der Waals surface area contributed by atoms with E-state index in [4.69, 9.17) is 0 Å². The lowest BCUT2D eigenvalue weighted by Crippen LogP contribution is -2.46. The smallest absolute Gasteiger partial charge is 0.0963 e. The molecule has 4 heteroatoms. The van der Waals surface area contributed by atoms with E-state index < -0.39 is 0 Å². The van der Waals surface area contributed by atoms with Gasteiger partial charge in [-0.25, -0.2) is 0 Å². The molecular weight excluding hydrogens is 326 g/mol. The van der Waals surface area contributed by atoms with E-state index >= 15 is 0 Å². The molecule has 0 aromatic carbocycles. The van der Waals surface area contributed by atoms with Crippen LogP contribution in [0.1, 0.15) is 68.8 Å². The molecule has 1 unspecified atom stereocenters. The lowest BCUT2D eigenvalue weighted by molar-refractivity contribution is -0.0596. The molecule has 4 fully saturated rings. The van der Waals surface area contributed by atoms with E-state index in [-0.39, 0.29) is 0 Å². The highest BCUT2D eigenvalue weighted by atomic mass is 79.9. The second-order valence-corrected chi connectivity index (χ2v) is 9.06. The Kier molecular flexibility index (Phi) is 3.63. The maximum atomic E-state index is 4.34. The summed E-state index contributed by atoms with van der Waals surface area (Å²) in [6, 6.07) is 0. The van der Waals surface area contributed by atoms with Gasteiger partial charge in [-0.1, -0.05) is 28.1 Å². The normalized spacial score (nSPS) is 38.9. The third-order valence-corrected chi connectivity index (χ3v) is 7.39. The standard InChI is InChI=1S/C17H26BrN3/c1-2-15(18)16-11-21(20-19-16)4-3-17-8-12-5-13(9-17)7-14(6-12)10-17/h11-15H,2-10H2,1H3. The monoisotopic (exact) mass is 351 g/mol. The van der Waals surface area contributed by atoms with Gasteiger partial charge in [0.05, 0.1) is 10.5 Å². The zero-order chi connectivity index (χ0) is 14.4. The summed E-state index contributed by atoms with van der Waals surface area (Å²) in [4.78, 5) is 0.353. The summed E-state index contributed by atoms with van der Waals surface area (Å²) >= 11 is 3.67. The predicted molar refractivity (Wildman–Crippen MR) is 87.2 cm³/mol. The molecule has 1 aromatic heterocycles. The summed E-state index contributed by atoms with van der Waals surface area (Å²) < 4.78 is 2.08. The fraction of sp³-hybridized carbons (Fsp3) is 0.882. The molecule has 0 N–H and O–H groups in total. The van der Waals surface area contributed by atoms with E-state index in [1.807, 2.05) is 0 Å². The Labute approximate surface area is 136 Å². The van der Waals surface area contributed by atoms with Crippen molar-refractivity contribution in [1.29, 1.82) is 0 Å². The van der Waals surface area contributed by atoms with Gasteiger partial charge in [-0.15, -0.1) is 5.10 Å². The molecule has 1 aromatic rings. The average Bonchev–Trinajstić information content (AvgIpc) is 2.92. The maximum absolute atomic E-state index is 4.34. The summed E-state index contributed by atoms with van der Waals surface area (Å²) in [6.07, 6.45) is 13.6. The third-order valence-electron chi connectivity index (χ3n) is 6.27. The molecule has 1 heterocycles. The van der Waals surface area contributed by atoms with Gasteiger partial charge in [0.15, 0.2) is 0 Å². The van der Waals surface area contributed by atoms with Gasteiger partial charge in [0.2, 0.25) is 0 Å². The number of aromatic nitrogens is 3. The highest BCUT2D eigenvalue weighted by Crippen LogP contribution is 2.61. The summed E-state index contributed by atoms with van der Waals surface area (Å²) in [5.74, 6) is 3.15. The summed E-state index contributed by atoms with van der Waals surface area (Å²) in [6.45, 7) is 3.23. The van der Waals surface area contributed by atoms with Crippen molar-refractivity contribution in [2.24, 2.45) is 23.2 Å². The number of rotatable bonds is 5. The first-order valence-corrected chi connectivity index (χ1v) is 9.61. The molecule has 4 aliphatic rings. The van der Waals surface area contributed by atoms with E-state index in [0.717, 1.165) is 36.4 Å². The molecule has 116 valence electrons. The predicted octanol–water partition coefficient (Wildman–Crippen LogP) is 4.73. The fourth-order valence-electron chi connectivity index (χ4n) is 5.72. The van der Waals surface area contributed by atoms with Crippen LogP contribution >= 0.6 is 15.9 Å². The molecule has 21 heavy (non-hydrogen) atoms. The van der Waals surface area contributed by atoms with E-state index in [2.05, 4.69) is 44.0 Å². The van der Waals surface area contributed by atoms with Crippen molar-refractivity contribution in [1.82, 2.24) is 15.0 Å². The first-order chi connectivity index (χ1) is 10.2. The molecular formula is C17H26BrN3. The third kappa shape index (κ3) is 2.69. The SMILES string of the molecule is CCC(Br)c1cn(CCC23CC4CC(CC(C4)C2)C3)nn1. The zero-order valence-electron chi connectivity index (χ0n) is 13.0. The van der Waals surface area contributed by atoms with Gasteiger partial charge in [0.1, 0.15) is 0 Å².